The van der Waals surface area contributed by atoms with Gasteiger partial charge in [-0.3, -0.25) is 14.9 Å². The van der Waals surface area contributed by atoms with Gasteiger partial charge in [-0.15, -0.1) is 0 Å². The third-order valence-corrected chi connectivity index (χ3v) is 3.72. The molecule has 3 aromatic rings. The van der Waals surface area contributed by atoms with E-state index in [1.807, 2.05) is 19.1 Å². The summed E-state index contributed by atoms with van der Waals surface area (Å²) in [6.07, 6.45) is 0.361. The van der Waals surface area contributed by atoms with Gasteiger partial charge in [-0.1, -0.05) is 35.0 Å². The Morgan fingerprint density at radius 3 is 2.73 bits per heavy atom. The fourth-order valence-electron chi connectivity index (χ4n) is 2.32. The summed E-state index contributed by atoms with van der Waals surface area (Å²) in [5.74, 6) is 0.438. The minimum atomic E-state index is -0.481. The number of nitro groups is 1. The Labute approximate surface area is 149 Å². The van der Waals surface area contributed by atoms with Crippen LogP contribution in [0.1, 0.15) is 21.8 Å². The number of amides is 1. The topological polar surface area (TPSA) is 111 Å². The molecule has 1 aromatic heterocycles. The molecule has 26 heavy (non-hydrogen) atoms. The maximum Gasteiger partial charge on any atom is 0.270 e. The molecule has 2 aromatic carbocycles. The van der Waals surface area contributed by atoms with Crippen LogP contribution in [0.4, 0.5) is 5.69 Å². The average Bonchev–Trinajstić information content (AvgIpc) is 3.11. The molecule has 3 rings (SSSR count). The molecule has 0 spiro atoms. The van der Waals surface area contributed by atoms with Crippen LogP contribution in [0.15, 0.2) is 53.1 Å². The number of aromatic nitrogens is 2. The van der Waals surface area contributed by atoms with Crippen molar-refractivity contribution in [2.75, 3.05) is 6.54 Å². The lowest BCUT2D eigenvalue weighted by Gasteiger charge is -2.03. The van der Waals surface area contributed by atoms with Gasteiger partial charge >= 0.3 is 0 Å². The molecule has 8 heteroatoms. The van der Waals surface area contributed by atoms with Crippen molar-refractivity contribution in [3.8, 4) is 11.4 Å². The molecular weight excluding hydrogens is 336 g/mol. The minimum Gasteiger partial charge on any atom is -0.352 e. The van der Waals surface area contributed by atoms with Crippen molar-refractivity contribution in [3.63, 3.8) is 0 Å². The van der Waals surface area contributed by atoms with E-state index in [1.54, 1.807) is 24.3 Å². The van der Waals surface area contributed by atoms with E-state index in [4.69, 9.17) is 4.52 Å². The Hall–Kier alpha value is -3.55. The number of benzene rings is 2. The number of carbonyl (C=O) groups excluding carboxylic acids is 1. The van der Waals surface area contributed by atoms with Crippen molar-refractivity contribution in [1.82, 2.24) is 15.5 Å². The van der Waals surface area contributed by atoms with E-state index >= 15 is 0 Å². The van der Waals surface area contributed by atoms with Crippen LogP contribution in [-0.4, -0.2) is 27.5 Å². The highest BCUT2D eigenvalue weighted by molar-refractivity contribution is 5.94. The molecule has 0 unspecified atom stereocenters. The summed E-state index contributed by atoms with van der Waals surface area (Å²) in [4.78, 5) is 26.6. The zero-order chi connectivity index (χ0) is 18.5. The highest BCUT2D eigenvalue weighted by Crippen LogP contribution is 2.21. The first kappa shape index (κ1) is 17.3. The number of nitrogens with one attached hydrogen (secondary N) is 1. The molecule has 0 saturated heterocycles. The smallest absolute Gasteiger partial charge is 0.270 e. The molecule has 0 aliphatic rings. The van der Waals surface area contributed by atoms with Crippen molar-refractivity contribution < 1.29 is 14.2 Å². The van der Waals surface area contributed by atoms with Crippen LogP contribution in [0.5, 0.6) is 0 Å². The average molecular weight is 352 g/mol. The first-order valence-electron chi connectivity index (χ1n) is 7.95. The van der Waals surface area contributed by atoms with Crippen molar-refractivity contribution in [1.29, 1.82) is 0 Å². The third-order valence-electron chi connectivity index (χ3n) is 3.72. The lowest BCUT2D eigenvalue weighted by atomic mass is 10.1. The minimum absolute atomic E-state index is 0.0424. The number of carbonyl (C=O) groups is 1. The van der Waals surface area contributed by atoms with Crippen LogP contribution in [0, 0.1) is 17.0 Å². The van der Waals surface area contributed by atoms with Gasteiger partial charge in [0.05, 0.1) is 4.92 Å². The van der Waals surface area contributed by atoms with Gasteiger partial charge in [-0.2, -0.15) is 4.98 Å². The van der Waals surface area contributed by atoms with E-state index in [1.165, 1.54) is 12.1 Å². The lowest BCUT2D eigenvalue weighted by molar-refractivity contribution is -0.384. The predicted octanol–water partition coefficient (Wildman–Crippen LogP) is 2.93. The molecule has 0 radical (unpaired) electrons. The standard InChI is InChI=1S/C18H16N4O4/c1-12-5-7-13(8-6-12)18(23)19-10-9-16-20-17(21-26-16)14-3-2-4-15(11-14)22(24)25/h2-8,11H,9-10H2,1H3,(H,19,23). The number of aryl methyl sites for hydroxylation is 1. The summed E-state index contributed by atoms with van der Waals surface area (Å²) in [5.41, 5.74) is 2.12. The van der Waals surface area contributed by atoms with Gasteiger partial charge in [0.15, 0.2) is 0 Å². The Kier molecular flexibility index (Phi) is 5.02. The third kappa shape index (κ3) is 4.10. The van der Waals surface area contributed by atoms with Gasteiger partial charge in [-0.05, 0) is 19.1 Å². The van der Waals surface area contributed by atoms with Gasteiger partial charge in [0.2, 0.25) is 11.7 Å². The molecule has 8 nitrogen and oxygen atoms in total. The van der Waals surface area contributed by atoms with E-state index in [0.717, 1.165) is 5.56 Å². The molecule has 0 saturated carbocycles. The number of nitrogens with zero attached hydrogens (tertiary/aromatic N) is 3. The second-order valence-corrected chi connectivity index (χ2v) is 5.69. The normalized spacial score (nSPS) is 10.5. The van der Waals surface area contributed by atoms with Crippen molar-refractivity contribution >= 4 is 11.6 Å². The fraction of sp³-hybridized carbons (Fsp3) is 0.167. The SMILES string of the molecule is Cc1ccc(C(=O)NCCc2nc(-c3cccc([N+](=O)[O-])c3)no2)cc1. The first-order chi connectivity index (χ1) is 12.5. The molecule has 0 atom stereocenters. The van der Waals surface area contributed by atoms with Crippen LogP contribution in [0.2, 0.25) is 0 Å². The second-order valence-electron chi connectivity index (χ2n) is 5.69. The molecule has 1 heterocycles. The van der Waals surface area contributed by atoms with Crippen LogP contribution in [0.3, 0.4) is 0 Å². The van der Waals surface area contributed by atoms with Crippen LogP contribution >= 0.6 is 0 Å². The number of non-ortho nitro benzene ring substituents is 1. The number of hydrogen-bond donors (Lipinski definition) is 1. The maximum atomic E-state index is 12.0. The van der Waals surface area contributed by atoms with Gasteiger partial charge < -0.3 is 9.84 Å². The van der Waals surface area contributed by atoms with E-state index in [9.17, 15) is 14.9 Å². The molecule has 1 N–H and O–H groups in total. The second kappa shape index (κ2) is 7.56. The highest BCUT2D eigenvalue weighted by Gasteiger charge is 2.13. The first-order valence-corrected chi connectivity index (χ1v) is 7.95. The Morgan fingerprint density at radius 2 is 2.00 bits per heavy atom. The zero-order valence-corrected chi connectivity index (χ0v) is 14.0. The molecule has 0 aliphatic heterocycles. The number of hydrogen-bond acceptors (Lipinski definition) is 6. The zero-order valence-electron chi connectivity index (χ0n) is 14.0. The monoisotopic (exact) mass is 352 g/mol. The summed E-state index contributed by atoms with van der Waals surface area (Å²) < 4.78 is 5.14. The summed E-state index contributed by atoms with van der Waals surface area (Å²) in [7, 11) is 0. The Balaban J connectivity index is 1.59. The quantitative estimate of drug-likeness (QED) is 0.539. The Morgan fingerprint density at radius 1 is 1.23 bits per heavy atom. The van der Waals surface area contributed by atoms with Crippen LogP contribution < -0.4 is 5.32 Å². The number of nitro benzene ring substituents is 1. The molecule has 0 bridgehead atoms. The predicted molar refractivity (Wildman–Crippen MR) is 93.6 cm³/mol. The van der Waals surface area contributed by atoms with E-state index in [0.29, 0.717) is 30.0 Å². The molecular formula is C18H16N4O4. The van der Waals surface area contributed by atoms with Crippen LogP contribution in [-0.2, 0) is 6.42 Å². The van der Waals surface area contributed by atoms with Crippen molar-refractivity contribution in [3.05, 3.63) is 75.7 Å². The summed E-state index contributed by atoms with van der Waals surface area (Å²) in [6, 6.07) is 13.3. The van der Waals surface area contributed by atoms with Crippen molar-refractivity contribution in [2.45, 2.75) is 13.3 Å². The van der Waals surface area contributed by atoms with Gasteiger partial charge in [0, 0.05) is 36.2 Å². The van der Waals surface area contributed by atoms with Gasteiger partial charge in [0.1, 0.15) is 0 Å². The van der Waals surface area contributed by atoms with E-state index in [2.05, 4.69) is 15.5 Å². The largest absolute Gasteiger partial charge is 0.352 e. The summed E-state index contributed by atoms with van der Waals surface area (Å²) >= 11 is 0. The molecule has 0 aliphatic carbocycles. The van der Waals surface area contributed by atoms with E-state index in [-0.39, 0.29) is 17.4 Å². The molecule has 132 valence electrons. The summed E-state index contributed by atoms with van der Waals surface area (Å²) in [5, 5.41) is 17.4. The van der Waals surface area contributed by atoms with Gasteiger partial charge in [0.25, 0.3) is 11.6 Å². The lowest BCUT2D eigenvalue weighted by Crippen LogP contribution is -2.25. The maximum absolute atomic E-state index is 12.0. The van der Waals surface area contributed by atoms with E-state index < -0.39 is 4.92 Å². The number of rotatable bonds is 6. The fourth-order valence-corrected chi connectivity index (χ4v) is 2.32. The molecule has 1 amide bonds. The summed E-state index contributed by atoms with van der Waals surface area (Å²) in [6.45, 7) is 2.29. The highest BCUT2D eigenvalue weighted by atomic mass is 16.6. The van der Waals surface area contributed by atoms with Crippen LogP contribution in [0.25, 0.3) is 11.4 Å². The van der Waals surface area contributed by atoms with Crippen molar-refractivity contribution in [2.24, 2.45) is 0 Å². The molecule has 0 fully saturated rings. The van der Waals surface area contributed by atoms with Gasteiger partial charge in [-0.25, -0.2) is 0 Å². The Bertz CT molecular complexity index is 934.